The zero-order chi connectivity index (χ0) is 19.9. The number of aliphatic hydroxyl groups is 1. The molecule has 1 aliphatic heterocycles. The van der Waals surface area contributed by atoms with Crippen molar-refractivity contribution in [1.82, 2.24) is 0 Å². The van der Waals surface area contributed by atoms with E-state index in [9.17, 15) is 5.11 Å². The van der Waals surface area contributed by atoms with Gasteiger partial charge in [0, 0.05) is 5.69 Å². The molecule has 0 saturated carbocycles. The molecule has 2 aromatic carbocycles. The smallest absolute Gasteiger partial charge is 0.137 e. The molecule has 1 heterocycles. The summed E-state index contributed by atoms with van der Waals surface area (Å²) in [6.45, 7) is 9.40. The molecule has 3 rings (SSSR count). The molecule has 5 nitrogen and oxygen atoms in total. The Bertz CT molecular complexity index is 725. The molecule has 5 heteroatoms. The van der Waals surface area contributed by atoms with E-state index < -0.39 is 6.10 Å². The highest BCUT2D eigenvalue weighted by Crippen LogP contribution is 2.25. The van der Waals surface area contributed by atoms with Crippen molar-refractivity contribution in [3.63, 3.8) is 0 Å². The van der Waals surface area contributed by atoms with Crippen LogP contribution in [0.15, 0.2) is 48.5 Å². The van der Waals surface area contributed by atoms with E-state index in [-0.39, 0.29) is 0 Å². The van der Waals surface area contributed by atoms with E-state index in [4.69, 9.17) is 9.47 Å². The van der Waals surface area contributed by atoms with Gasteiger partial charge >= 0.3 is 0 Å². The van der Waals surface area contributed by atoms with Gasteiger partial charge in [0.15, 0.2) is 0 Å². The monoisotopic (exact) mass is 385 g/mol. The fourth-order valence-electron chi connectivity index (χ4n) is 3.75. The maximum absolute atomic E-state index is 10.5. The second-order valence-corrected chi connectivity index (χ2v) is 7.80. The molecule has 0 unspecified atom stereocenters. The predicted molar refractivity (Wildman–Crippen MR) is 113 cm³/mol. The Morgan fingerprint density at radius 3 is 2.36 bits per heavy atom. The number of para-hydroxylation sites is 1. The molecule has 1 atom stereocenters. The molecular weight excluding hydrogens is 352 g/mol. The van der Waals surface area contributed by atoms with E-state index in [0.717, 1.165) is 44.2 Å². The van der Waals surface area contributed by atoms with Crippen LogP contribution in [0.5, 0.6) is 11.5 Å². The molecule has 1 fully saturated rings. The number of hydrogen-bond donors (Lipinski definition) is 2. The Morgan fingerprint density at radius 1 is 1.04 bits per heavy atom. The van der Waals surface area contributed by atoms with Crippen LogP contribution in [0.25, 0.3) is 0 Å². The van der Waals surface area contributed by atoms with Crippen molar-refractivity contribution in [2.45, 2.75) is 25.9 Å². The van der Waals surface area contributed by atoms with Gasteiger partial charge in [0.25, 0.3) is 0 Å². The Balaban J connectivity index is 1.44. The highest BCUT2D eigenvalue weighted by molar-refractivity contribution is 5.49. The van der Waals surface area contributed by atoms with Crippen molar-refractivity contribution in [1.29, 1.82) is 0 Å². The molecule has 0 bridgehead atoms. The van der Waals surface area contributed by atoms with E-state index in [1.807, 2.05) is 30.3 Å². The molecule has 2 aromatic rings. The molecular formula is C23H33N2O3+. The number of anilines is 1. The minimum absolute atomic E-state index is 0.343. The first-order valence-corrected chi connectivity index (χ1v) is 10.2. The van der Waals surface area contributed by atoms with Crippen LogP contribution in [0, 0.1) is 0 Å². The van der Waals surface area contributed by atoms with Crippen LogP contribution in [0.3, 0.4) is 0 Å². The van der Waals surface area contributed by atoms with Gasteiger partial charge in [-0.2, -0.15) is 0 Å². The lowest BCUT2D eigenvalue weighted by atomic mass is 10.0. The van der Waals surface area contributed by atoms with Crippen LogP contribution in [-0.4, -0.2) is 57.7 Å². The molecule has 0 radical (unpaired) electrons. The molecule has 28 heavy (non-hydrogen) atoms. The lowest BCUT2D eigenvalue weighted by Gasteiger charge is -2.34. The van der Waals surface area contributed by atoms with Crippen molar-refractivity contribution < 1.29 is 19.5 Å². The van der Waals surface area contributed by atoms with Crippen LogP contribution in [0.1, 0.15) is 25.3 Å². The number of nitrogens with one attached hydrogen (secondary N) is 1. The molecule has 1 aliphatic rings. The zero-order valence-corrected chi connectivity index (χ0v) is 17.2. The topological polar surface area (TPSA) is 46.4 Å². The lowest BCUT2D eigenvalue weighted by molar-refractivity contribution is -0.903. The average molecular weight is 386 g/mol. The first-order valence-electron chi connectivity index (χ1n) is 10.2. The fraction of sp³-hybridized carbons (Fsp3) is 0.478. The number of ether oxygens (including phenoxy) is 2. The van der Waals surface area contributed by atoms with E-state index in [1.54, 1.807) is 7.11 Å². The van der Waals surface area contributed by atoms with E-state index in [0.29, 0.717) is 12.5 Å². The SMILES string of the molecule is COc1ccc(N2CC[NH+](C[C@@H](O)COc3ccccc3C(C)C)CC2)cc1. The number of methoxy groups -OCH3 is 1. The number of benzene rings is 2. The number of rotatable bonds is 8. The van der Waals surface area contributed by atoms with Crippen molar-refractivity contribution in [2.75, 3.05) is 51.3 Å². The maximum atomic E-state index is 10.5. The Morgan fingerprint density at radius 2 is 1.71 bits per heavy atom. The van der Waals surface area contributed by atoms with Gasteiger partial charge in [-0.25, -0.2) is 0 Å². The predicted octanol–water partition coefficient (Wildman–Crippen LogP) is 1.96. The highest BCUT2D eigenvalue weighted by Gasteiger charge is 2.23. The quantitative estimate of drug-likeness (QED) is 0.729. The molecule has 2 N–H and O–H groups in total. The largest absolute Gasteiger partial charge is 0.497 e. The summed E-state index contributed by atoms with van der Waals surface area (Å²) in [5, 5.41) is 10.5. The van der Waals surface area contributed by atoms with Gasteiger partial charge in [0.2, 0.25) is 0 Å². The van der Waals surface area contributed by atoms with Gasteiger partial charge in [0.05, 0.1) is 33.3 Å². The molecule has 0 spiro atoms. The third-order valence-corrected chi connectivity index (χ3v) is 5.40. The summed E-state index contributed by atoms with van der Waals surface area (Å²) in [6.07, 6.45) is -0.456. The normalized spacial score (nSPS) is 16.2. The number of aliphatic hydroxyl groups excluding tert-OH is 1. The third kappa shape index (κ3) is 5.40. The third-order valence-electron chi connectivity index (χ3n) is 5.40. The first-order chi connectivity index (χ1) is 13.6. The minimum Gasteiger partial charge on any atom is -0.497 e. The summed E-state index contributed by atoms with van der Waals surface area (Å²) >= 11 is 0. The van der Waals surface area contributed by atoms with Crippen LogP contribution < -0.4 is 19.3 Å². The van der Waals surface area contributed by atoms with E-state index in [1.165, 1.54) is 16.2 Å². The highest BCUT2D eigenvalue weighted by atomic mass is 16.5. The Hall–Kier alpha value is -2.24. The maximum Gasteiger partial charge on any atom is 0.137 e. The summed E-state index contributed by atoms with van der Waals surface area (Å²) in [5.41, 5.74) is 2.42. The summed E-state index contributed by atoms with van der Waals surface area (Å²) in [7, 11) is 1.69. The Labute approximate surface area is 168 Å². The standard InChI is InChI=1S/C23H32N2O3/c1-18(2)22-6-4-5-7-23(22)28-17-20(26)16-24-12-14-25(15-13-24)19-8-10-21(27-3)11-9-19/h4-11,18,20,26H,12-17H2,1-3H3/p+1/t20-/m1/s1. The average Bonchev–Trinajstić information content (AvgIpc) is 2.73. The van der Waals surface area contributed by atoms with Gasteiger partial charge < -0.3 is 24.4 Å². The molecule has 0 aliphatic carbocycles. The van der Waals surface area contributed by atoms with Crippen molar-refractivity contribution >= 4 is 5.69 Å². The lowest BCUT2D eigenvalue weighted by Crippen LogP contribution is -3.16. The summed E-state index contributed by atoms with van der Waals surface area (Å²) in [4.78, 5) is 3.82. The minimum atomic E-state index is -0.456. The van der Waals surface area contributed by atoms with Crippen LogP contribution in [0.4, 0.5) is 5.69 Å². The van der Waals surface area contributed by atoms with E-state index >= 15 is 0 Å². The Kier molecular flexibility index (Phi) is 7.18. The van der Waals surface area contributed by atoms with Gasteiger partial charge in [-0.05, 0) is 41.8 Å². The van der Waals surface area contributed by atoms with Gasteiger partial charge in [-0.1, -0.05) is 32.0 Å². The van der Waals surface area contributed by atoms with Gasteiger partial charge in [-0.15, -0.1) is 0 Å². The van der Waals surface area contributed by atoms with E-state index in [2.05, 4.69) is 36.9 Å². The van der Waals surface area contributed by atoms with Crippen molar-refractivity contribution in [2.24, 2.45) is 0 Å². The van der Waals surface area contributed by atoms with Crippen molar-refractivity contribution in [3.05, 3.63) is 54.1 Å². The number of hydrogen-bond acceptors (Lipinski definition) is 4. The summed E-state index contributed by atoms with van der Waals surface area (Å²) < 4.78 is 11.2. The molecule has 152 valence electrons. The summed E-state index contributed by atoms with van der Waals surface area (Å²) in [5.74, 6) is 2.18. The zero-order valence-electron chi connectivity index (χ0n) is 17.2. The van der Waals surface area contributed by atoms with Crippen molar-refractivity contribution in [3.8, 4) is 11.5 Å². The molecule has 0 aromatic heterocycles. The second-order valence-electron chi connectivity index (χ2n) is 7.80. The number of quaternary nitrogens is 1. The van der Waals surface area contributed by atoms with Gasteiger partial charge in [-0.3, -0.25) is 0 Å². The fourth-order valence-corrected chi connectivity index (χ4v) is 3.75. The molecule has 0 amide bonds. The van der Waals surface area contributed by atoms with Crippen LogP contribution in [-0.2, 0) is 0 Å². The van der Waals surface area contributed by atoms with Crippen LogP contribution >= 0.6 is 0 Å². The summed E-state index contributed by atoms with van der Waals surface area (Å²) in [6, 6.07) is 16.3. The number of piperazine rings is 1. The molecule has 1 saturated heterocycles. The second kappa shape index (κ2) is 9.80. The number of nitrogens with zero attached hydrogens (tertiary/aromatic N) is 1. The van der Waals surface area contributed by atoms with Crippen LogP contribution in [0.2, 0.25) is 0 Å². The van der Waals surface area contributed by atoms with Gasteiger partial charge in [0.1, 0.15) is 30.8 Å². The first kappa shape index (κ1) is 20.5.